The van der Waals surface area contributed by atoms with Crippen LogP contribution in [0.1, 0.15) is 0 Å². The number of halogens is 9. The summed E-state index contributed by atoms with van der Waals surface area (Å²) in [6.45, 7) is 0. The zero-order valence-electron chi connectivity index (χ0n) is 9.15. The maximum Gasteiger partial charge on any atom is 0.117 e. The lowest BCUT2D eigenvalue weighted by Gasteiger charge is -2.47. The van der Waals surface area contributed by atoms with Gasteiger partial charge in [0.05, 0.1) is 21.5 Å². The fraction of sp³-hybridized carbons (Fsp3) is 1.00. The molecular formula is C10H9Cl9. The third-order valence-electron chi connectivity index (χ3n) is 4.53. The number of hydrogen-bond donors (Lipinski definition) is 0. The Kier molecular flexibility index (Phi) is 5.59. The first kappa shape index (κ1) is 18.0. The normalized spacial score (nSPS) is 53.5. The lowest BCUT2D eigenvalue weighted by atomic mass is 9.69. The Morgan fingerprint density at radius 2 is 1.21 bits per heavy atom. The van der Waals surface area contributed by atoms with Gasteiger partial charge in [-0.05, 0) is 0 Å². The highest BCUT2D eigenvalue weighted by molar-refractivity contribution is 6.49. The second kappa shape index (κ2) is 5.91. The summed E-state index contributed by atoms with van der Waals surface area (Å²) in [7, 11) is 0. The maximum atomic E-state index is 6.46. The van der Waals surface area contributed by atoms with E-state index in [4.69, 9.17) is 104 Å². The molecule has 112 valence electrons. The van der Waals surface area contributed by atoms with E-state index in [-0.39, 0.29) is 11.8 Å². The molecular weight excluding hydrogens is 439 g/mol. The Labute approximate surface area is 157 Å². The van der Waals surface area contributed by atoms with Crippen molar-refractivity contribution in [1.82, 2.24) is 0 Å². The first-order valence-electron chi connectivity index (χ1n) is 5.39. The molecule has 0 radical (unpaired) electrons. The van der Waals surface area contributed by atoms with Gasteiger partial charge in [0, 0.05) is 22.6 Å². The SMILES string of the molecule is ClC[C@]1(C(Cl)Cl)C2[C@@H](Cl)[C@H](Cl)C1(C(Cl)Cl)[C@@H](Cl)[C@@H]2Cl. The van der Waals surface area contributed by atoms with E-state index in [1.54, 1.807) is 0 Å². The molecule has 0 heterocycles. The van der Waals surface area contributed by atoms with Gasteiger partial charge in [-0.2, -0.15) is 0 Å². The summed E-state index contributed by atoms with van der Waals surface area (Å²) in [5.41, 5.74) is -1.97. The van der Waals surface area contributed by atoms with Crippen LogP contribution >= 0.6 is 104 Å². The first-order chi connectivity index (χ1) is 8.71. The summed E-state index contributed by atoms with van der Waals surface area (Å²) in [4.78, 5) is -1.82. The molecule has 19 heavy (non-hydrogen) atoms. The minimum absolute atomic E-state index is 0.0736. The summed E-state index contributed by atoms with van der Waals surface area (Å²) in [6, 6.07) is 0. The average molecular weight is 448 g/mol. The molecule has 0 N–H and O–H groups in total. The smallest absolute Gasteiger partial charge is 0.117 e. The lowest BCUT2D eigenvalue weighted by Crippen LogP contribution is -2.55. The summed E-state index contributed by atoms with van der Waals surface area (Å²) >= 11 is 56.7. The van der Waals surface area contributed by atoms with E-state index in [9.17, 15) is 0 Å². The number of fused-ring (bicyclic) bond motifs is 2. The van der Waals surface area contributed by atoms with Gasteiger partial charge in [0.2, 0.25) is 0 Å². The van der Waals surface area contributed by atoms with Crippen molar-refractivity contribution in [2.75, 3.05) is 5.88 Å². The van der Waals surface area contributed by atoms with Crippen LogP contribution in [0.3, 0.4) is 0 Å². The molecule has 0 unspecified atom stereocenters. The highest BCUT2D eigenvalue weighted by atomic mass is 35.5. The summed E-state index contributed by atoms with van der Waals surface area (Å²) in [5, 5.41) is -2.23. The fourth-order valence-electron chi connectivity index (χ4n) is 3.63. The van der Waals surface area contributed by atoms with Gasteiger partial charge in [-0.1, -0.05) is 0 Å². The van der Waals surface area contributed by atoms with E-state index in [1.807, 2.05) is 0 Å². The molecule has 0 aromatic rings. The molecule has 0 aromatic heterocycles. The van der Waals surface area contributed by atoms with Crippen molar-refractivity contribution in [3.8, 4) is 0 Å². The third-order valence-corrected chi connectivity index (χ3v) is 9.04. The van der Waals surface area contributed by atoms with Gasteiger partial charge in [0.25, 0.3) is 0 Å². The fourth-order valence-corrected chi connectivity index (χ4v) is 8.95. The Balaban J connectivity index is 2.72. The molecule has 2 rings (SSSR count). The van der Waals surface area contributed by atoms with Crippen molar-refractivity contribution in [1.29, 1.82) is 0 Å². The molecule has 0 aliphatic heterocycles. The van der Waals surface area contributed by atoms with Crippen LogP contribution < -0.4 is 0 Å². The van der Waals surface area contributed by atoms with Crippen molar-refractivity contribution in [3.63, 3.8) is 0 Å². The topological polar surface area (TPSA) is 0 Å². The summed E-state index contributed by atoms with van der Waals surface area (Å²) in [6.07, 6.45) is 0. The largest absolute Gasteiger partial charge is 0.126 e. The number of hydrogen-bond acceptors (Lipinski definition) is 0. The predicted molar refractivity (Wildman–Crippen MR) is 88.6 cm³/mol. The standard InChI is InChI=1S/C10H9Cl9/c11-1-9(7(16)17)2-3(12)5(14)10(9,8(18)19)6(15)4(2)13/h2-8H,1H2/t2?,3-,4-,5+,6+,9-,10?/m1/s1. The van der Waals surface area contributed by atoms with Crippen LogP contribution in [0.5, 0.6) is 0 Å². The average Bonchev–Trinajstić information content (AvgIpc) is 2.66. The zero-order chi connectivity index (χ0) is 14.7. The second-order valence-corrected chi connectivity index (χ2v) is 9.33. The Bertz CT molecular complexity index is 343. The van der Waals surface area contributed by atoms with E-state index in [0.717, 1.165) is 0 Å². The molecule has 2 bridgehead atoms. The molecule has 2 fully saturated rings. The van der Waals surface area contributed by atoms with Crippen LogP contribution in [0.15, 0.2) is 0 Å². The predicted octanol–water partition coefficient (Wildman–Crippen LogP) is 5.88. The third kappa shape index (κ3) is 1.94. The molecule has 0 saturated heterocycles. The van der Waals surface area contributed by atoms with Crippen LogP contribution in [-0.4, -0.2) is 37.1 Å². The molecule has 0 spiro atoms. The van der Waals surface area contributed by atoms with Gasteiger partial charge in [-0.15, -0.1) is 104 Å². The molecule has 2 saturated carbocycles. The van der Waals surface area contributed by atoms with Gasteiger partial charge in [0.1, 0.15) is 9.67 Å². The summed E-state index contributed by atoms with van der Waals surface area (Å²) < 4.78 is 0. The van der Waals surface area contributed by atoms with Crippen LogP contribution in [0.2, 0.25) is 0 Å². The molecule has 5 atom stereocenters. The van der Waals surface area contributed by atoms with Crippen LogP contribution in [-0.2, 0) is 0 Å². The van der Waals surface area contributed by atoms with Gasteiger partial charge in [0.15, 0.2) is 0 Å². The number of rotatable bonds is 3. The van der Waals surface area contributed by atoms with Gasteiger partial charge in [-0.3, -0.25) is 0 Å². The minimum Gasteiger partial charge on any atom is -0.126 e. The van der Waals surface area contributed by atoms with Crippen LogP contribution in [0.25, 0.3) is 0 Å². The molecule has 9 heteroatoms. The zero-order valence-corrected chi connectivity index (χ0v) is 16.0. The molecule has 0 nitrogen and oxygen atoms in total. The van der Waals surface area contributed by atoms with Crippen molar-refractivity contribution in [2.45, 2.75) is 31.2 Å². The van der Waals surface area contributed by atoms with Gasteiger partial charge < -0.3 is 0 Å². The van der Waals surface area contributed by atoms with E-state index in [2.05, 4.69) is 0 Å². The van der Waals surface area contributed by atoms with Crippen molar-refractivity contribution < 1.29 is 0 Å². The quantitative estimate of drug-likeness (QED) is 0.474. The van der Waals surface area contributed by atoms with Gasteiger partial charge >= 0.3 is 0 Å². The van der Waals surface area contributed by atoms with E-state index < -0.39 is 42.0 Å². The monoisotopic (exact) mass is 444 g/mol. The Morgan fingerprint density at radius 3 is 1.42 bits per heavy atom. The Hall–Kier alpha value is 2.61. The van der Waals surface area contributed by atoms with Crippen molar-refractivity contribution in [3.05, 3.63) is 0 Å². The number of alkyl halides is 9. The lowest BCUT2D eigenvalue weighted by molar-refractivity contribution is 0.147. The Morgan fingerprint density at radius 1 is 0.789 bits per heavy atom. The van der Waals surface area contributed by atoms with Crippen molar-refractivity contribution in [2.24, 2.45) is 16.7 Å². The first-order valence-corrected chi connectivity index (χ1v) is 9.42. The molecule has 2 aliphatic carbocycles. The molecule has 0 aromatic carbocycles. The van der Waals surface area contributed by atoms with E-state index >= 15 is 0 Å². The van der Waals surface area contributed by atoms with Crippen LogP contribution in [0.4, 0.5) is 0 Å². The van der Waals surface area contributed by atoms with Crippen LogP contribution in [0, 0.1) is 16.7 Å². The highest BCUT2D eigenvalue weighted by Gasteiger charge is 2.82. The van der Waals surface area contributed by atoms with E-state index in [1.165, 1.54) is 0 Å². The summed E-state index contributed by atoms with van der Waals surface area (Å²) in [5.74, 6) is -0.289. The van der Waals surface area contributed by atoms with E-state index in [0.29, 0.717) is 0 Å². The molecule has 0 amide bonds. The minimum atomic E-state index is -1.04. The maximum absolute atomic E-state index is 6.46. The highest BCUT2D eigenvalue weighted by Crippen LogP contribution is 2.76. The van der Waals surface area contributed by atoms with Gasteiger partial charge in [-0.25, -0.2) is 0 Å². The van der Waals surface area contributed by atoms with Crippen molar-refractivity contribution >= 4 is 104 Å². The second-order valence-electron chi connectivity index (χ2n) is 4.93. The molecule has 2 aliphatic rings.